The lowest BCUT2D eigenvalue weighted by molar-refractivity contribution is -0.134. The van der Waals surface area contributed by atoms with Crippen molar-refractivity contribution in [2.75, 3.05) is 59.0 Å². The molecule has 1 amide bonds. The van der Waals surface area contributed by atoms with Gasteiger partial charge in [-0.25, -0.2) is 0 Å². The molecule has 110 valence electrons. The third-order valence-electron chi connectivity index (χ3n) is 3.90. The number of nitrogens with one attached hydrogen (secondary N) is 1. The van der Waals surface area contributed by atoms with Gasteiger partial charge in [-0.05, 0) is 38.4 Å². The van der Waals surface area contributed by atoms with Gasteiger partial charge < -0.3 is 19.9 Å². The summed E-state index contributed by atoms with van der Waals surface area (Å²) in [5.41, 5.74) is 0. The van der Waals surface area contributed by atoms with E-state index in [9.17, 15) is 4.79 Å². The zero-order valence-corrected chi connectivity index (χ0v) is 12.1. The molecule has 0 aromatic carbocycles. The molecule has 19 heavy (non-hydrogen) atoms. The molecule has 5 heteroatoms. The van der Waals surface area contributed by atoms with Crippen molar-refractivity contribution in [1.82, 2.24) is 15.1 Å². The van der Waals surface area contributed by atoms with Gasteiger partial charge in [-0.2, -0.15) is 0 Å². The monoisotopic (exact) mass is 269 g/mol. The molecular formula is C14H27N3O2. The molecule has 1 N–H and O–H groups in total. The molecule has 2 aliphatic heterocycles. The lowest BCUT2D eigenvalue weighted by atomic mass is 10.1. The Balaban J connectivity index is 1.55. The Kier molecular flexibility index (Phi) is 6.07. The number of morpholine rings is 1. The number of nitrogens with zero attached hydrogens (tertiary/aromatic N) is 2. The molecule has 0 aromatic rings. The highest BCUT2D eigenvalue weighted by atomic mass is 16.5. The molecule has 0 aliphatic carbocycles. The molecule has 5 nitrogen and oxygen atoms in total. The van der Waals surface area contributed by atoms with Crippen LogP contribution in [0, 0.1) is 5.92 Å². The Morgan fingerprint density at radius 1 is 1.21 bits per heavy atom. The average molecular weight is 269 g/mol. The number of hydrogen-bond acceptors (Lipinski definition) is 4. The second kappa shape index (κ2) is 7.82. The van der Waals surface area contributed by atoms with Crippen molar-refractivity contribution in [2.45, 2.75) is 19.8 Å². The first-order chi connectivity index (χ1) is 9.25. The minimum Gasteiger partial charge on any atom is -0.378 e. The van der Waals surface area contributed by atoms with E-state index in [4.69, 9.17) is 4.74 Å². The largest absolute Gasteiger partial charge is 0.378 e. The molecule has 2 saturated heterocycles. The van der Waals surface area contributed by atoms with Crippen LogP contribution in [0.5, 0.6) is 0 Å². The van der Waals surface area contributed by atoms with Crippen LogP contribution in [0.3, 0.4) is 0 Å². The molecule has 1 unspecified atom stereocenters. The fourth-order valence-electron chi connectivity index (χ4n) is 2.82. The van der Waals surface area contributed by atoms with Gasteiger partial charge >= 0.3 is 0 Å². The van der Waals surface area contributed by atoms with Gasteiger partial charge in [0.05, 0.1) is 19.8 Å². The SMILES string of the molecule is CC(CNCC(=O)N1CCOCC1)CN1CCCC1. The van der Waals surface area contributed by atoms with E-state index in [2.05, 4.69) is 17.1 Å². The van der Waals surface area contributed by atoms with Gasteiger partial charge in [-0.15, -0.1) is 0 Å². The minimum atomic E-state index is 0.205. The molecule has 0 spiro atoms. The maximum absolute atomic E-state index is 11.9. The van der Waals surface area contributed by atoms with Crippen LogP contribution in [0.2, 0.25) is 0 Å². The van der Waals surface area contributed by atoms with Crippen LogP contribution in [0.25, 0.3) is 0 Å². The van der Waals surface area contributed by atoms with Crippen molar-refractivity contribution in [3.05, 3.63) is 0 Å². The summed E-state index contributed by atoms with van der Waals surface area (Å²) in [7, 11) is 0. The number of ether oxygens (including phenoxy) is 1. The van der Waals surface area contributed by atoms with Crippen LogP contribution >= 0.6 is 0 Å². The third-order valence-corrected chi connectivity index (χ3v) is 3.90. The van der Waals surface area contributed by atoms with Gasteiger partial charge in [0, 0.05) is 19.6 Å². The summed E-state index contributed by atoms with van der Waals surface area (Å²) in [4.78, 5) is 16.3. The highest BCUT2D eigenvalue weighted by molar-refractivity contribution is 5.78. The Hall–Kier alpha value is -0.650. The van der Waals surface area contributed by atoms with Crippen LogP contribution in [0.1, 0.15) is 19.8 Å². The molecule has 0 aromatic heterocycles. The second-order valence-electron chi connectivity index (χ2n) is 5.74. The van der Waals surface area contributed by atoms with E-state index in [-0.39, 0.29) is 5.91 Å². The summed E-state index contributed by atoms with van der Waals surface area (Å²) in [6, 6.07) is 0. The van der Waals surface area contributed by atoms with Crippen molar-refractivity contribution < 1.29 is 9.53 Å². The molecule has 1 atom stereocenters. The Morgan fingerprint density at radius 3 is 2.58 bits per heavy atom. The predicted octanol–water partition coefficient (Wildman–Crippen LogP) is 0.167. The number of rotatable bonds is 6. The van der Waals surface area contributed by atoms with E-state index in [0.717, 1.165) is 26.2 Å². The summed E-state index contributed by atoms with van der Waals surface area (Å²) >= 11 is 0. The molecule has 2 aliphatic rings. The zero-order chi connectivity index (χ0) is 13.5. The predicted molar refractivity (Wildman–Crippen MR) is 75.1 cm³/mol. The molecule has 0 radical (unpaired) electrons. The Labute approximate surface area is 116 Å². The molecule has 2 rings (SSSR count). The number of carbonyl (C=O) groups excluding carboxylic acids is 1. The van der Waals surface area contributed by atoms with E-state index < -0.39 is 0 Å². The number of likely N-dealkylation sites (tertiary alicyclic amines) is 1. The first kappa shape index (κ1) is 14.8. The van der Waals surface area contributed by atoms with Crippen molar-refractivity contribution in [3.8, 4) is 0 Å². The van der Waals surface area contributed by atoms with E-state index in [0.29, 0.717) is 25.7 Å². The van der Waals surface area contributed by atoms with Gasteiger partial charge in [0.1, 0.15) is 0 Å². The summed E-state index contributed by atoms with van der Waals surface area (Å²) in [6.07, 6.45) is 2.69. The van der Waals surface area contributed by atoms with E-state index >= 15 is 0 Å². The molecular weight excluding hydrogens is 242 g/mol. The van der Waals surface area contributed by atoms with Crippen LogP contribution < -0.4 is 5.32 Å². The first-order valence-corrected chi connectivity index (χ1v) is 7.54. The summed E-state index contributed by atoms with van der Waals surface area (Å²) < 4.78 is 5.25. The van der Waals surface area contributed by atoms with Crippen LogP contribution in [0.15, 0.2) is 0 Å². The topological polar surface area (TPSA) is 44.8 Å². The van der Waals surface area contributed by atoms with Gasteiger partial charge in [0.2, 0.25) is 5.91 Å². The van der Waals surface area contributed by atoms with E-state index in [1.54, 1.807) is 0 Å². The van der Waals surface area contributed by atoms with E-state index in [1.807, 2.05) is 4.90 Å². The van der Waals surface area contributed by atoms with Gasteiger partial charge in [0.25, 0.3) is 0 Å². The summed E-state index contributed by atoms with van der Waals surface area (Å²) in [5.74, 6) is 0.812. The number of amides is 1. The highest BCUT2D eigenvalue weighted by Crippen LogP contribution is 2.09. The van der Waals surface area contributed by atoms with Gasteiger partial charge in [-0.3, -0.25) is 4.79 Å². The quantitative estimate of drug-likeness (QED) is 0.746. The molecule has 2 heterocycles. The standard InChI is InChI=1S/C14H27N3O2/c1-13(12-16-4-2-3-5-16)10-15-11-14(18)17-6-8-19-9-7-17/h13,15H,2-12H2,1H3. The smallest absolute Gasteiger partial charge is 0.236 e. The first-order valence-electron chi connectivity index (χ1n) is 7.54. The van der Waals surface area contributed by atoms with Crippen LogP contribution in [-0.2, 0) is 9.53 Å². The summed E-state index contributed by atoms with van der Waals surface area (Å²) in [5, 5.41) is 3.30. The molecule has 2 fully saturated rings. The normalized spacial score (nSPS) is 22.7. The Bertz CT molecular complexity index is 274. The van der Waals surface area contributed by atoms with Gasteiger partial charge in [0.15, 0.2) is 0 Å². The molecule has 0 bridgehead atoms. The minimum absolute atomic E-state index is 0.205. The lowest BCUT2D eigenvalue weighted by Crippen LogP contribution is -2.45. The van der Waals surface area contributed by atoms with Crippen molar-refractivity contribution in [1.29, 1.82) is 0 Å². The van der Waals surface area contributed by atoms with Crippen LogP contribution in [-0.4, -0.2) is 74.7 Å². The zero-order valence-electron chi connectivity index (χ0n) is 12.1. The summed E-state index contributed by atoms with van der Waals surface area (Å²) in [6.45, 7) is 10.1. The fourth-order valence-corrected chi connectivity index (χ4v) is 2.82. The van der Waals surface area contributed by atoms with Crippen molar-refractivity contribution in [3.63, 3.8) is 0 Å². The van der Waals surface area contributed by atoms with Gasteiger partial charge in [-0.1, -0.05) is 6.92 Å². The second-order valence-corrected chi connectivity index (χ2v) is 5.74. The van der Waals surface area contributed by atoms with Crippen molar-refractivity contribution in [2.24, 2.45) is 5.92 Å². The number of hydrogen-bond donors (Lipinski definition) is 1. The fraction of sp³-hybridized carbons (Fsp3) is 0.929. The number of carbonyl (C=O) groups is 1. The van der Waals surface area contributed by atoms with E-state index in [1.165, 1.54) is 25.9 Å². The Morgan fingerprint density at radius 2 is 1.89 bits per heavy atom. The van der Waals surface area contributed by atoms with Crippen molar-refractivity contribution >= 4 is 5.91 Å². The maximum Gasteiger partial charge on any atom is 0.236 e. The maximum atomic E-state index is 11.9. The molecule has 0 saturated carbocycles. The van der Waals surface area contributed by atoms with Crippen LogP contribution in [0.4, 0.5) is 0 Å². The third kappa shape index (κ3) is 5.09. The lowest BCUT2D eigenvalue weighted by Gasteiger charge is -2.27. The highest BCUT2D eigenvalue weighted by Gasteiger charge is 2.17. The average Bonchev–Trinajstić information content (AvgIpc) is 2.92.